The number of hydrogen-bond acceptors (Lipinski definition) is 6. The van der Waals surface area contributed by atoms with Gasteiger partial charge >= 0.3 is 5.97 Å². The lowest BCUT2D eigenvalue weighted by molar-refractivity contribution is -0.154. The van der Waals surface area contributed by atoms with E-state index in [1.165, 1.54) is 0 Å². The molecule has 5 rings (SSSR count). The van der Waals surface area contributed by atoms with Crippen LogP contribution in [0.4, 0.5) is 0 Å². The molecule has 8 heteroatoms. The second-order valence-corrected chi connectivity index (χ2v) is 12.4. The standard InChI is InChI=1S/C30H38N2O5S/c1-3-20(2)22(19-33)32-26-28(35)31(18-21-12-7-6-8-13-21)16-11-15-30(26)25(27(32)34)24-23(38-30)14-9-4-5-10-17-37-29(24)36/h6-9,11-15,20,22-26,33H,3-5,10,16-19H2,1-2H3/b14-9-/t20-,22-,23+,24-,25-,26?,30-/m0/s1. The minimum Gasteiger partial charge on any atom is -0.465 e. The van der Waals surface area contributed by atoms with E-state index in [0.717, 1.165) is 31.2 Å². The van der Waals surface area contributed by atoms with Gasteiger partial charge < -0.3 is 19.6 Å². The summed E-state index contributed by atoms with van der Waals surface area (Å²) >= 11 is 1.55. The van der Waals surface area contributed by atoms with Gasteiger partial charge in [-0.2, -0.15) is 0 Å². The van der Waals surface area contributed by atoms with Crippen LogP contribution in [0.5, 0.6) is 0 Å². The minimum absolute atomic E-state index is 0.0147. The van der Waals surface area contributed by atoms with E-state index in [-0.39, 0.29) is 35.6 Å². The SMILES string of the molecule is CC[C@H](C)[C@H](CO)N1C(=O)[C@@H]2[C@H]3C(=O)OCCCC/C=C\[C@H]3S[C@@]23C=CCN(Cc2ccccc2)C(=O)C13. The molecular formula is C30H38N2O5S. The first kappa shape index (κ1) is 27.0. The Morgan fingerprint density at radius 3 is 2.66 bits per heavy atom. The van der Waals surface area contributed by atoms with Crippen LogP contribution in [0.3, 0.4) is 0 Å². The average Bonchev–Trinajstić information content (AvgIpc) is 3.32. The van der Waals surface area contributed by atoms with E-state index in [2.05, 4.69) is 6.08 Å². The van der Waals surface area contributed by atoms with Crippen molar-refractivity contribution in [3.05, 3.63) is 60.2 Å². The largest absolute Gasteiger partial charge is 0.465 e. The Hall–Kier alpha value is -2.58. The third-order valence-corrected chi connectivity index (χ3v) is 10.4. The van der Waals surface area contributed by atoms with Gasteiger partial charge in [0, 0.05) is 18.3 Å². The maximum absolute atomic E-state index is 14.5. The third-order valence-electron chi connectivity index (χ3n) is 8.68. The highest BCUT2D eigenvalue weighted by Crippen LogP contribution is 2.61. The predicted octanol–water partition coefficient (Wildman–Crippen LogP) is 3.57. The lowest BCUT2D eigenvalue weighted by Gasteiger charge is -2.40. The molecule has 4 heterocycles. The van der Waals surface area contributed by atoms with Crippen molar-refractivity contribution in [1.82, 2.24) is 9.80 Å². The van der Waals surface area contributed by atoms with Crippen LogP contribution in [-0.4, -0.2) is 74.5 Å². The Morgan fingerprint density at radius 1 is 1.13 bits per heavy atom. The highest BCUT2D eigenvalue weighted by atomic mass is 32.2. The van der Waals surface area contributed by atoms with Crippen molar-refractivity contribution in [3.8, 4) is 0 Å². The van der Waals surface area contributed by atoms with Gasteiger partial charge in [0.1, 0.15) is 6.04 Å². The molecular weight excluding hydrogens is 500 g/mol. The predicted molar refractivity (Wildman–Crippen MR) is 147 cm³/mol. The number of rotatable bonds is 6. The Balaban J connectivity index is 1.61. The van der Waals surface area contributed by atoms with Gasteiger partial charge in [0.15, 0.2) is 0 Å². The average molecular weight is 539 g/mol. The maximum atomic E-state index is 14.5. The topological polar surface area (TPSA) is 87.2 Å². The summed E-state index contributed by atoms with van der Waals surface area (Å²) < 4.78 is 4.78. The number of aliphatic hydroxyl groups is 1. The number of amides is 2. The Kier molecular flexibility index (Phi) is 8.00. The minimum atomic E-state index is -0.909. The van der Waals surface area contributed by atoms with Crippen LogP contribution in [0.25, 0.3) is 0 Å². The smallest absolute Gasteiger partial charge is 0.311 e. The maximum Gasteiger partial charge on any atom is 0.311 e. The zero-order chi connectivity index (χ0) is 26.9. The molecule has 0 saturated carbocycles. The molecule has 7 atom stereocenters. The summed E-state index contributed by atoms with van der Waals surface area (Å²) in [6.07, 6.45) is 11.5. The number of allylic oxidation sites excluding steroid dienone is 1. The quantitative estimate of drug-likeness (QED) is 0.440. The van der Waals surface area contributed by atoms with E-state index in [1.54, 1.807) is 21.6 Å². The molecule has 38 heavy (non-hydrogen) atoms. The van der Waals surface area contributed by atoms with Crippen LogP contribution < -0.4 is 0 Å². The summed E-state index contributed by atoms with van der Waals surface area (Å²) in [6, 6.07) is 8.51. The number of carbonyl (C=O) groups is 3. The summed E-state index contributed by atoms with van der Waals surface area (Å²) in [5.41, 5.74) is 1.01. The zero-order valence-electron chi connectivity index (χ0n) is 22.2. The molecule has 4 aliphatic rings. The number of thioether (sulfide) groups is 1. The highest BCUT2D eigenvalue weighted by molar-refractivity contribution is 8.02. The van der Waals surface area contributed by atoms with E-state index in [0.29, 0.717) is 19.7 Å². The van der Waals surface area contributed by atoms with Gasteiger partial charge in [-0.3, -0.25) is 14.4 Å². The first-order chi connectivity index (χ1) is 18.4. The van der Waals surface area contributed by atoms with E-state index < -0.39 is 28.7 Å². The second kappa shape index (κ2) is 11.3. The van der Waals surface area contributed by atoms with Crippen LogP contribution in [0, 0.1) is 17.8 Å². The third kappa shape index (κ3) is 4.60. The van der Waals surface area contributed by atoms with Crippen LogP contribution in [0.2, 0.25) is 0 Å². The molecule has 1 aromatic carbocycles. The molecule has 0 bridgehead atoms. The van der Waals surface area contributed by atoms with Crippen molar-refractivity contribution >= 4 is 29.5 Å². The van der Waals surface area contributed by atoms with Crippen molar-refractivity contribution in [2.45, 2.75) is 68.2 Å². The van der Waals surface area contributed by atoms with Crippen molar-refractivity contribution in [3.63, 3.8) is 0 Å². The number of hydrogen-bond donors (Lipinski definition) is 1. The van der Waals surface area contributed by atoms with E-state index >= 15 is 0 Å². The molecule has 2 fully saturated rings. The fraction of sp³-hybridized carbons (Fsp3) is 0.567. The summed E-state index contributed by atoms with van der Waals surface area (Å²) in [5.74, 6) is -2.14. The molecule has 4 aliphatic heterocycles. The van der Waals surface area contributed by atoms with Gasteiger partial charge in [-0.25, -0.2) is 0 Å². The number of nitrogens with zero attached hydrogens (tertiary/aromatic N) is 2. The number of likely N-dealkylation sites (tertiary alicyclic amines) is 1. The molecule has 1 aromatic rings. The van der Waals surface area contributed by atoms with Crippen molar-refractivity contribution in [2.75, 3.05) is 19.8 Å². The number of carbonyl (C=O) groups excluding carboxylic acids is 3. The van der Waals surface area contributed by atoms with Crippen molar-refractivity contribution in [2.24, 2.45) is 17.8 Å². The molecule has 2 amide bonds. The van der Waals surface area contributed by atoms with Gasteiger partial charge in [-0.05, 0) is 30.7 Å². The highest BCUT2D eigenvalue weighted by Gasteiger charge is 2.71. The summed E-state index contributed by atoms with van der Waals surface area (Å²) in [5, 5.41) is 10.2. The fourth-order valence-corrected chi connectivity index (χ4v) is 8.51. The number of ether oxygens (including phenoxy) is 1. The Labute approximate surface area is 229 Å². The normalized spacial score (nSPS) is 33.6. The van der Waals surface area contributed by atoms with E-state index in [4.69, 9.17) is 4.74 Å². The first-order valence-corrected chi connectivity index (χ1v) is 14.8. The number of esters is 1. The summed E-state index contributed by atoms with van der Waals surface area (Å²) in [6.45, 7) is 4.98. The number of fused-ring (bicyclic) bond motifs is 2. The first-order valence-electron chi connectivity index (χ1n) is 13.9. The van der Waals surface area contributed by atoms with Gasteiger partial charge in [-0.15, -0.1) is 11.8 Å². The molecule has 0 aromatic heterocycles. The van der Waals surface area contributed by atoms with Gasteiger partial charge in [-0.1, -0.05) is 74.9 Å². The molecule has 1 unspecified atom stereocenters. The van der Waals surface area contributed by atoms with E-state index in [1.807, 2.05) is 62.4 Å². The molecule has 2 saturated heterocycles. The van der Waals surface area contributed by atoms with Crippen LogP contribution in [0.15, 0.2) is 54.6 Å². The lowest BCUT2D eigenvalue weighted by Crippen LogP contribution is -2.57. The summed E-state index contributed by atoms with van der Waals surface area (Å²) in [4.78, 5) is 45.8. The molecule has 7 nitrogen and oxygen atoms in total. The Morgan fingerprint density at radius 2 is 1.92 bits per heavy atom. The molecule has 1 N–H and O–H groups in total. The Bertz CT molecular complexity index is 1110. The van der Waals surface area contributed by atoms with Gasteiger partial charge in [0.25, 0.3) is 0 Å². The zero-order valence-corrected chi connectivity index (χ0v) is 23.0. The fourth-order valence-electron chi connectivity index (χ4n) is 6.52. The van der Waals surface area contributed by atoms with Crippen molar-refractivity contribution in [1.29, 1.82) is 0 Å². The van der Waals surface area contributed by atoms with E-state index in [9.17, 15) is 19.5 Å². The van der Waals surface area contributed by atoms with Crippen LogP contribution in [0.1, 0.15) is 45.1 Å². The van der Waals surface area contributed by atoms with Crippen molar-refractivity contribution < 1.29 is 24.2 Å². The number of cyclic esters (lactones) is 1. The van der Waals surface area contributed by atoms with Crippen LogP contribution >= 0.6 is 11.8 Å². The monoisotopic (exact) mass is 538 g/mol. The molecule has 0 radical (unpaired) electrons. The molecule has 0 aliphatic carbocycles. The number of aliphatic hydroxyl groups excluding tert-OH is 1. The molecule has 204 valence electrons. The second-order valence-electron chi connectivity index (χ2n) is 10.9. The molecule has 1 spiro atoms. The van der Waals surface area contributed by atoms with Crippen LogP contribution in [-0.2, 0) is 25.7 Å². The number of benzene rings is 1. The van der Waals surface area contributed by atoms with Gasteiger partial charge in [0.2, 0.25) is 11.8 Å². The van der Waals surface area contributed by atoms with Gasteiger partial charge in [0.05, 0.1) is 35.8 Å². The lowest BCUT2D eigenvalue weighted by atomic mass is 9.78. The summed E-state index contributed by atoms with van der Waals surface area (Å²) in [7, 11) is 0.